The Morgan fingerprint density at radius 2 is 1.90 bits per heavy atom. The van der Waals surface area contributed by atoms with E-state index in [9.17, 15) is 18.2 Å². The molecule has 7 nitrogen and oxygen atoms in total. The number of hydrogen-bond donors (Lipinski definition) is 0. The van der Waals surface area contributed by atoms with E-state index >= 15 is 0 Å². The molecule has 0 spiro atoms. The second-order valence-electron chi connectivity index (χ2n) is 9.61. The number of rotatable bonds is 4. The Labute approximate surface area is 179 Å². The maximum absolute atomic E-state index is 14.7. The molecule has 1 heterocycles. The van der Waals surface area contributed by atoms with Crippen molar-refractivity contribution in [2.45, 2.75) is 63.4 Å². The Balaban J connectivity index is 2.30. The van der Waals surface area contributed by atoms with Crippen LogP contribution in [0.3, 0.4) is 0 Å². The van der Waals surface area contributed by atoms with E-state index in [0.29, 0.717) is 30.8 Å². The third-order valence-corrected chi connectivity index (χ3v) is 7.71. The largest absolute Gasteiger partial charge is 0.449 e. The molecule has 0 saturated carbocycles. The molecule has 1 aromatic carbocycles. The minimum atomic E-state index is -3.42. The van der Waals surface area contributed by atoms with Crippen LogP contribution in [0.2, 0.25) is 25.7 Å². The van der Waals surface area contributed by atoms with Gasteiger partial charge in [-0.3, -0.25) is 4.90 Å². The number of halogens is 1. The lowest BCUT2D eigenvalue weighted by atomic mass is 10.1. The van der Waals surface area contributed by atoms with Crippen molar-refractivity contribution in [1.29, 1.82) is 0 Å². The van der Waals surface area contributed by atoms with Gasteiger partial charge in [-0.15, -0.1) is 4.36 Å². The highest BCUT2D eigenvalue weighted by molar-refractivity contribution is 7.93. The van der Waals surface area contributed by atoms with Crippen molar-refractivity contribution in [3.05, 3.63) is 23.5 Å². The number of hydrogen-bond acceptors (Lipinski definition) is 5. The summed E-state index contributed by atoms with van der Waals surface area (Å²) in [6.07, 6.45) is 0.0885. The van der Waals surface area contributed by atoms with Gasteiger partial charge in [-0.05, 0) is 50.9 Å². The van der Waals surface area contributed by atoms with E-state index in [1.54, 1.807) is 20.8 Å². The van der Waals surface area contributed by atoms with Gasteiger partial charge in [-0.2, -0.15) is 0 Å². The van der Waals surface area contributed by atoms with Gasteiger partial charge in [-0.25, -0.2) is 18.2 Å². The van der Waals surface area contributed by atoms with Crippen molar-refractivity contribution < 1.29 is 27.7 Å². The molecular weight excluding hydrogens is 427 g/mol. The van der Waals surface area contributed by atoms with Crippen molar-refractivity contribution in [2.24, 2.45) is 4.36 Å². The first-order chi connectivity index (χ1) is 13.6. The first kappa shape index (κ1) is 24.3. The molecule has 1 aromatic rings. The summed E-state index contributed by atoms with van der Waals surface area (Å²) in [7, 11) is -4.77. The normalized spacial score (nSPS) is 15.9. The average molecular weight is 459 g/mol. The van der Waals surface area contributed by atoms with Crippen LogP contribution in [0.4, 0.5) is 19.7 Å². The van der Waals surface area contributed by atoms with Crippen molar-refractivity contribution in [3.8, 4) is 0 Å². The first-order valence-electron chi connectivity index (χ1n) is 9.81. The van der Waals surface area contributed by atoms with Crippen LogP contribution in [0.5, 0.6) is 0 Å². The zero-order valence-electron chi connectivity index (χ0n) is 18.7. The highest BCUT2D eigenvalue weighted by Crippen LogP contribution is 2.33. The van der Waals surface area contributed by atoms with Crippen LogP contribution in [0.1, 0.15) is 26.3 Å². The molecule has 2 amide bonds. The molecule has 30 heavy (non-hydrogen) atoms. The van der Waals surface area contributed by atoms with Crippen molar-refractivity contribution >= 4 is 35.7 Å². The maximum atomic E-state index is 14.7. The van der Waals surface area contributed by atoms with Gasteiger partial charge < -0.3 is 9.47 Å². The molecule has 1 atom stereocenters. The molecule has 1 unspecified atom stereocenters. The summed E-state index contributed by atoms with van der Waals surface area (Å²) in [6.45, 7) is 12.2. The molecule has 0 aliphatic carbocycles. The van der Waals surface area contributed by atoms with Gasteiger partial charge in [0.05, 0.1) is 26.9 Å². The smallest absolute Gasteiger partial charge is 0.442 e. The van der Waals surface area contributed by atoms with E-state index in [1.165, 1.54) is 23.3 Å². The van der Waals surface area contributed by atoms with Crippen LogP contribution in [0.25, 0.3) is 0 Å². The summed E-state index contributed by atoms with van der Waals surface area (Å²) < 4.78 is 41.8. The topological polar surface area (TPSA) is 85.3 Å². The molecule has 0 aromatic heterocycles. The van der Waals surface area contributed by atoms with Crippen LogP contribution >= 0.6 is 0 Å². The second kappa shape index (κ2) is 8.66. The summed E-state index contributed by atoms with van der Waals surface area (Å²) in [5, 5.41) is 0. The number of ether oxygens (including phenoxy) is 2. The summed E-state index contributed by atoms with van der Waals surface area (Å²) in [4.78, 5) is 25.7. The van der Waals surface area contributed by atoms with Crippen molar-refractivity contribution in [1.82, 2.24) is 0 Å². The molecule has 0 radical (unpaired) electrons. The predicted molar refractivity (Wildman–Crippen MR) is 118 cm³/mol. The fourth-order valence-corrected chi connectivity index (χ4v) is 4.75. The Hall–Kier alpha value is -1.94. The van der Waals surface area contributed by atoms with Crippen LogP contribution in [-0.4, -0.2) is 49.5 Å². The molecule has 0 bridgehead atoms. The summed E-state index contributed by atoms with van der Waals surface area (Å²) >= 11 is 0. The first-order valence-corrected chi connectivity index (χ1v) is 15.4. The Bertz CT molecular complexity index is 959. The average Bonchev–Trinajstić information content (AvgIpc) is 2.92. The lowest BCUT2D eigenvalue weighted by Crippen LogP contribution is -2.31. The third kappa shape index (κ3) is 6.53. The Morgan fingerprint density at radius 1 is 1.27 bits per heavy atom. The molecule has 0 fully saturated rings. The number of nitrogens with zero attached hydrogens (tertiary/aromatic N) is 2. The molecule has 0 N–H and O–H groups in total. The van der Waals surface area contributed by atoms with Crippen molar-refractivity contribution in [3.63, 3.8) is 0 Å². The molecule has 10 heteroatoms. The van der Waals surface area contributed by atoms with Gasteiger partial charge in [-0.1, -0.05) is 19.6 Å². The lowest BCUT2D eigenvalue weighted by Gasteiger charge is -2.20. The van der Waals surface area contributed by atoms with Gasteiger partial charge in [0, 0.05) is 20.9 Å². The zero-order chi connectivity index (χ0) is 22.9. The van der Waals surface area contributed by atoms with E-state index < -0.39 is 41.4 Å². The van der Waals surface area contributed by atoms with E-state index in [4.69, 9.17) is 9.47 Å². The quantitative estimate of drug-likeness (QED) is 0.589. The van der Waals surface area contributed by atoms with E-state index in [2.05, 4.69) is 24.0 Å². The van der Waals surface area contributed by atoms with E-state index in [-0.39, 0.29) is 4.90 Å². The highest BCUT2D eigenvalue weighted by Gasteiger charge is 2.30. The fraction of sp³-hybridized carbons (Fsp3) is 0.600. The van der Waals surface area contributed by atoms with Crippen molar-refractivity contribution in [2.75, 3.05) is 24.3 Å². The van der Waals surface area contributed by atoms with Gasteiger partial charge in [0.2, 0.25) is 0 Å². The van der Waals surface area contributed by atoms with Gasteiger partial charge >= 0.3 is 12.2 Å². The third-order valence-electron chi connectivity index (χ3n) is 4.38. The number of amides is 2. The summed E-state index contributed by atoms with van der Waals surface area (Å²) in [6, 6.07) is 3.41. The number of carbonyl (C=O) groups excluding carboxylic acids is 2. The highest BCUT2D eigenvalue weighted by atomic mass is 32.2. The zero-order valence-corrected chi connectivity index (χ0v) is 20.5. The fourth-order valence-electron chi connectivity index (χ4n) is 2.86. The molecule has 168 valence electrons. The van der Waals surface area contributed by atoms with E-state index in [0.717, 1.165) is 6.04 Å². The predicted octanol–water partition coefficient (Wildman–Crippen LogP) is 5.05. The molecular formula is C20H31FN2O5SSi. The lowest BCUT2D eigenvalue weighted by molar-refractivity contribution is 0.0607. The van der Waals surface area contributed by atoms with Crippen LogP contribution in [0, 0.1) is 5.82 Å². The SMILES string of the molecule is CC(C)(C)OC(=O)N=S(C)(=O)c1cc2c(cc1F)CCN2C(=O)OCC[Si](C)(C)C. The number of fused-ring (bicyclic) bond motifs is 1. The van der Waals surface area contributed by atoms with Gasteiger partial charge in [0.15, 0.2) is 0 Å². The second-order valence-corrected chi connectivity index (χ2v) is 17.5. The molecule has 2 rings (SSSR count). The summed E-state index contributed by atoms with van der Waals surface area (Å²) in [5.74, 6) is -0.734. The van der Waals surface area contributed by atoms with Crippen LogP contribution < -0.4 is 4.90 Å². The monoisotopic (exact) mass is 458 g/mol. The maximum Gasteiger partial charge on any atom is 0.442 e. The van der Waals surface area contributed by atoms with Gasteiger partial charge in [0.1, 0.15) is 11.4 Å². The number of anilines is 1. The number of carbonyl (C=O) groups is 2. The molecule has 1 aliphatic heterocycles. The Morgan fingerprint density at radius 3 is 2.47 bits per heavy atom. The standard InChI is InChI=1S/C20H31FN2O5SSi/c1-20(2,3)28-18(24)22-29(4,26)17-13-16-14(12-15(17)21)8-9-23(16)19(25)27-10-11-30(5,6)7/h12-13H,8-11H2,1-7H3. The molecule has 0 saturated heterocycles. The Kier molecular flexibility index (Phi) is 7.02. The van der Waals surface area contributed by atoms with Gasteiger partial charge in [0.25, 0.3) is 0 Å². The summed E-state index contributed by atoms with van der Waals surface area (Å²) in [5.41, 5.74) is 0.229. The van der Waals surface area contributed by atoms with E-state index in [1.807, 2.05) is 0 Å². The minimum absolute atomic E-state index is 0.242. The van der Waals surface area contributed by atoms with Crippen LogP contribution in [0.15, 0.2) is 21.4 Å². The number of benzene rings is 1. The van der Waals surface area contributed by atoms with Crippen LogP contribution in [-0.2, 0) is 25.6 Å². The minimum Gasteiger partial charge on any atom is -0.449 e. The molecule has 1 aliphatic rings.